The average Bonchev–Trinajstić information content (AvgIpc) is 2.35. The predicted molar refractivity (Wildman–Crippen MR) is 78.6 cm³/mol. The molecule has 0 aliphatic rings. The van der Waals surface area contributed by atoms with Gasteiger partial charge in [0.05, 0.1) is 7.11 Å². The molecule has 0 bridgehead atoms. The van der Waals surface area contributed by atoms with E-state index in [-0.39, 0.29) is 0 Å². The Morgan fingerprint density at radius 2 is 1.50 bits per heavy atom. The van der Waals surface area contributed by atoms with Gasteiger partial charge in [0.2, 0.25) is 0 Å². The quantitative estimate of drug-likeness (QED) is 0.856. The third-order valence-electron chi connectivity index (χ3n) is 3.55. The number of rotatable bonds is 5. The maximum absolute atomic E-state index is 5.87. The molecule has 0 heterocycles. The molecular formula is C16H27NO. The summed E-state index contributed by atoms with van der Waals surface area (Å²) in [6.45, 7) is 11.7. The summed E-state index contributed by atoms with van der Waals surface area (Å²) in [6, 6.07) is 4.44. The molecule has 0 saturated heterocycles. The minimum absolute atomic E-state index is 0.330. The number of hydrogen-bond donors (Lipinski definition) is 1. The van der Waals surface area contributed by atoms with Crippen molar-refractivity contribution in [3.63, 3.8) is 0 Å². The first kappa shape index (κ1) is 15.0. The highest BCUT2D eigenvalue weighted by Gasteiger charge is 2.21. The first-order valence-corrected chi connectivity index (χ1v) is 6.84. The Balaban J connectivity index is 3.50. The van der Waals surface area contributed by atoms with E-state index in [1.807, 2.05) is 0 Å². The van der Waals surface area contributed by atoms with E-state index in [9.17, 15) is 0 Å². The Bertz CT molecular complexity index is 396. The van der Waals surface area contributed by atoms with Crippen LogP contribution in [0.5, 0.6) is 5.75 Å². The lowest BCUT2D eigenvalue weighted by Gasteiger charge is -2.24. The van der Waals surface area contributed by atoms with Gasteiger partial charge in [0.25, 0.3) is 0 Å². The van der Waals surface area contributed by atoms with Gasteiger partial charge in [-0.05, 0) is 35.4 Å². The summed E-state index contributed by atoms with van der Waals surface area (Å²) in [5.74, 6) is 2.32. The lowest BCUT2D eigenvalue weighted by molar-refractivity contribution is 0.398. The van der Waals surface area contributed by atoms with E-state index < -0.39 is 0 Å². The van der Waals surface area contributed by atoms with Crippen molar-refractivity contribution >= 4 is 0 Å². The van der Waals surface area contributed by atoms with Crippen molar-refractivity contribution in [1.29, 1.82) is 0 Å². The summed E-state index contributed by atoms with van der Waals surface area (Å²) in [6.07, 6.45) is 0. The van der Waals surface area contributed by atoms with Crippen LogP contribution in [0.4, 0.5) is 0 Å². The van der Waals surface area contributed by atoms with Crippen LogP contribution in [0.15, 0.2) is 12.1 Å². The molecule has 2 heteroatoms. The van der Waals surface area contributed by atoms with Crippen molar-refractivity contribution in [2.24, 2.45) is 5.73 Å². The van der Waals surface area contributed by atoms with Gasteiger partial charge in [0.1, 0.15) is 5.75 Å². The predicted octanol–water partition coefficient (Wildman–Crippen LogP) is 4.00. The largest absolute Gasteiger partial charge is 0.496 e. The second-order valence-corrected chi connectivity index (χ2v) is 5.64. The third-order valence-corrected chi connectivity index (χ3v) is 3.55. The summed E-state index contributed by atoms with van der Waals surface area (Å²) in [4.78, 5) is 0. The van der Waals surface area contributed by atoms with Gasteiger partial charge in [0, 0.05) is 5.56 Å². The molecule has 0 spiro atoms. The van der Waals surface area contributed by atoms with Crippen molar-refractivity contribution in [3.05, 3.63) is 28.8 Å². The molecule has 2 nitrogen and oxygen atoms in total. The smallest absolute Gasteiger partial charge is 0.126 e. The average molecular weight is 249 g/mol. The van der Waals surface area contributed by atoms with Crippen molar-refractivity contribution in [3.8, 4) is 5.75 Å². The standard InChI is InChI=1S/C16H27NO/c1-10(2)13-7-8-14(11(3)4)16(18-6)15(13)12(5)9-17/h7-8,10-12H,9,17H2,1-6H3. The van der Waals surface area contributed by atoms with Gasteiger partial charge < -0.3 is 10.5 Å². The van der Waals surface area contributed by atoms with Crippen LogP contribution in [0.2, 0.25) is 0 Å². The van der Waals surface area contributed by atoms with E-state index in [1.54, 1.807) is 7.11 Å². The van der Waals surface area contributed by atoms with Crippen LogP contribution in [0, 0.1) is 0 Å². The van der Waals surface area contributed by atoms with Crippen LogP contribution in [0.3, 0.4) is 0 Å². The van der Waals surface area contributed by atoms with E-state index in [1.165, 1.54) is 16.7 Å². The fourth-order valence-electron chi connectivity index (χ4n) is 2.44. The molecule has 18 heavy (non-hydrogen) atoms. The van der Waals surface area contributed by atoms with E-state index >= 15 is 0 Å². The second-order valence-electron chi connectivity index (χ2n) is 5.64. The van der Waals surface area contributed by atoms with Crippen LogP contribution in [-0.2, 0) is 0 Å². The SMILES string of the molecule is COc1c(C(C)C)ccc(C(C)C)c1C(C)CN. The Morgan fingerprint density at radius 1 is 1.00 bits per heavy atom. The molecule has 0 aliphatic carbocycles. The molecule has 102 valence electrons. The summed E-state index contributed by atoms with van der Waals surface area (Å²) in [7, 11) is 1.76. The van der Waals surface area contributed by atoms with Gasteiger partial charge in [-0.15, -0.1) is 0 Å². The number of benzene rings is 1. The van der Waals surface area contributed by atoms with Crippen molar-refractivity contribution in [2.75, 3.05) is 13.7 Å². The molecule has 2 N–H and O–H groups in total. The van der Waals surface area contributed by atoms with Crippen LogP contribution in [-0.4, -0.2) is 13.7 Å². The fraction of sp³-hybridized carbons (Fsp3) is 0.625. The zero-order valence-corrected chi connectivity index (χ0v) is 12.6. The van der Waals surface area contributed by atoms with E-state index in [0.29, 0.717) is 24.3 Å². The molecular weight excluding hydrogens is 222 g/mol. The molecule has 1 aromatic carbocycles. The first-order valence-electron chi connectivity index (χ1n) is 6.84. The van der Waals surface area contributed by atoms with Crippen LogP contribution < -0.4 is 10.5 Å². The Morgan fingerprint density at radius 3 is 1.89 bits per heavy atom. The zero-order chi connectivity index (χ0) is 13.9. The van der Waals surface area contributed by atoms with Gasteiger partial charge in [-0.25, -0.2) is 0 Å². The lowest BCUT2D eigenvalue weighted by atomic mass is 9.85. The Hall–Kier alpha value is -1.02. The van der Waals surface area contributed by atoms with Gasteiger partial charge in [-0.1, -0.05) is 46.8 Å². The Labute approximate surface area is 112 Å². The normalized spacial score (nSPS) is 13.2. The summed E-state index contributed by atoms with van der Waals surface area (Å²) < 4.78 is 5.70. The molecule has 1 rings (SSSR count). The summed E-state index contributed by atoms with van der Waals surface area (Å²) >= 11 is 0. The van der Waals surface area contributed by atoms with Crippen molar-refractivity contribution in [1.82, 2.24) is 0 Å². The number of nitrogens with two attached hydrogens (primary N) is 1. The van der Waals surface area contributed by atoms with Gasteiger partial charge in [0.15, 0.2) is 0 Å². The summed E-state index contributed by atoms with van der Waals surface area (Å²) in [5.41, 5.74) is 9.79. The number of ether oxygens (including phenoxy) is 1. The molecule has 0 aromatic heterocycles. The van der Waals surface area contributed by atoms with Gasteiger partial charge >= 0.3 is 0 Å². The molecule has 0 saturated carbocycles. The molecule has 0 amide bonds. The molecule has 1 unspecified atom stereocenters. The highest BCUT2D eigenvalue weighted by Crippen LogP contribution is 2.39. The maximum Gasteiger partial charge on any atom is 0.126 e. The first-order chi connectivity index (χ1) is 8.43. The van der Waals surface area contributed by atoms with Crippen LogP contribution in [0.25, 0.3) is 0 Å². The minimum atomic E-state index is 0.330. The second kappa shape index (κ2) is 6.24. The van der Waals surface area contributed by atoms with E-state index in [2.05, 4.69) is 46.8 Å². The highest BCUT2D eigenvalue weighted by molar-refractivity contribution is 5.50. The fourth-order valence-corrected chi connectivity index (χ4v) is 2.44. The lowest BCUT2D eigenvalue weighted by Crippen LogP contribution is -2.14. The van der Waals surface area contributed by atoms with Crippen molar-refractivity contribution in [2.45, 2.75) is 52.4 Å². The number of methoxy groups -OCH3 is 1. The van der Waals surface area contributed by atoms with Gasteiger partial charge in [-0.3, -0.25) is 0 Å². The molecule has 0 fully saturated rings. The monoisotopic (exact) mass is 249 g/mol. The van der Waals surface area contributed by atoms with Crippen molar-refractivity contribution < 1.29 is 4.74 Å². The Kier molecular flexibility index (Phi) is 5.21. The topological polar surface area (TPSA) is 35.2 Å². The molecule has 0 radical (unpaired) electrons. The molecule has 1 atom stereocenters. The van der Waals surface area contributed by atoms with Crippen LogP contribution >= 0.6 is 0 Å². The maximum atomic E-state index is 5.87. The van der Waals surface area contributed by atoms with E-state index in [4.69, 9.17) is 10.5 Å². The van der Waals surface area contributed by atoms with E-state index in [0.717, 1.165) is 5.75 Å². The summed E-state index contributed by atoms with van der Waals surface area (Å²) in [5, 5.41) is 0. The molecule has 0 aliphatic heterocycles. The third kappa shape index (κ3) is 2.86. The molecule has 1 aromatic rings. The highest BCUT2D eigenvalue weighted by atomic mass is 16.5. The minimum Gasteiger partial charge on any atom is -0.496 e. The number of hydrogen-bond acceptors (Lipinski definition) is 2. The van der Waals surface area contributed by atoms with Crippen LogP contribution in [0.1, 0.15) is 69.1 Å². The van der Waals surface area contributed by atoms with Gasteiger partial charge in [-0.2, -0.15) is 0 Å². The zero-order valence-electron chi connectivity index (χ0n) is 12.6.